The van der Waals surface area contributed by atoms with E-state index in [4.69, 9.17) is 4.74 Å². The number of thiophene rings is 1. The highest BCUT2D eigenvalue weighted by Gasteiger charge is 2.34. The van der Waals surface area contributed by atoms with Crippen molar-refractivity contribution in [3.8, 4) is 0 Å². The average molecular weight is 314 g/mol. The molecule has 0 saturated carbocycles. The van der Waals surface area contributed by atoms with Crippen molar-refractivity contribution in [2.24, 2.45) is 11.8 Å². The Kier molecular flexibility index (Phi) is 6.87. The highest BCUT2D eigenvalue weighted by Crippen LogP contribution is 2.22. The van der Waals surface area contributed by atoms with Gasteiger partial charge >= 0.3 is 17.9 Å². The number of hydrogen-bond donors (Lipinski definition) is 0. The third-order valence-electron chi connectivity index (χ3n) is 3.09. The first-order chi connectivity index (χ1) is 10.0. The number of ether oxygens (including phenoxy) is 3. The molecule has 7 heteroatoms. The quantitative estimate of drug-likeness (QED) is 0.430. The molecule has 116 valence electrons. The van der Waals surface area contributed by atoms with Crippen LogP contribution in [-0.4, -0.2) is 39.2 Å². The van der Waals surface area contributed by atoms with Gasteiger partial charge in [-0.15, -0.1) is 0 Å². The Bertz CT molecular complexity index is 466. The number of methoxy groups -OCH3 is 3. The molecule has 0 saturated heterocycles. The van der Waals surface area contributed by atoms with Crippen molar-refractivity contribution in [2.75, 3.05) is 21.3 Å². The van der Waals surface area contributed by atoms with E-state index in [1.165, 1.54) is 32.7 Å². The van der Waals surface area contributed by atoms with Crippen LogP contribution < -0.4 is 0 Å². The van der Waals surface area contributed by atoms with Crippen molar-refractivity contribution in [3.05, 3.63) is 22.4 Å². The first-order valence-corrected chi connectivity index (χ1v) is 7.22. The van der Waals surface area contributed by atoms with Gasteiger partial charge in [0, 0.05) is 0 Å². The van der Waals surface area contributed by atoms with Crippen LogP contribution in [0, 0.1) is 11.8 Å². The van der Waals surface area contributed by atoms with Gasteiger partial charge in [0.25, 0.3) is 0 Å². The number of carbonyl (C=O) groups is 3. The molecule has 0 radical (unpaired) electrons. The fourth-order valence-electron chi connectivity index (χ4n) is 1.98. The van der Waals surface area contributed by atoms with Crippen LogP contribution in [0.3, 0.4) is 0 Å². The molecule has 0 aromatic carbocycles. The third kappa shape index (κ3) is 4.86. The molecule has 1 heterocycles. The van der Waals surface area contributed by atoms with Crippen molar-refractivity contribution >= 4 is 29.2 Å². The molecule has 0 aliphatic carbocycles. The summed E-state index contributed by atoms with van der Waals surface area (Å²) in [5, 5.41) is 3.79. The molecule has 0 aliphatic rings. The largest absolute Gasteiger partial charge is 0.469 e. The van der Waals surface area contributed by atoms with Crippen molar-refractivity contribution in [2.45, 2.75) is 12.8 Å². The molecule has 1 rings (SSSR count). The Hall–Kier alpha value is -1.89. The van der Waals surface area contributed by atoms with E-state index in [2.05, 4.69) is 9.47 Å². The van der Waals surface area contributed by atoms with Crippen LogP contribution in [0.4, 0.5) is 0 Å². The lowest BCUT2D eigenvalue weighted by molar-refractivity contribution is -0.160. The molecule has 0 aliphatic heterocycles. The predicted molar refractivity (Wildman–Crippen MR) is 75.7 cm³/mol. The summed E-state index contributed by atoms with van der Waals surface area (Å²) in [7, 11) is 3.64. The minimum Gasteiger partial charge on any atom is -0.469 e. The molecule has 6 nitrogen and oxygen atoms in total. The zero-order valence-corrected chi connectivity index (χ0v) is 13.0. The lowest BCUT2D eigenvalue weighted by Crippen LogP contribution is -2.32. The van der Waals surface area contributed by atoms with Crippen molar-refractivity contribution in [1.82, 2.24) is 0 Å². The monoisotopic (exact) mass is 314 g/mol. The third-order valence-corrected chi connectivity index (χ3v) is 3.82. The smallest absolute Gasteiger partial charge is 0.320 e. The minimum atomic E-state index is -1.14. The van der Waals surface area contributed by atoms with E-state index in [1.807, 2.05) is 16.8 Å². The first-order valence-electron chi connectivity index (χ1n) is 6.28. The molecular formula is C14H18O6S. The van der Waals surface area contributed by atoms with E-state index in [-0.39, 0.29) is 6.42 Å². The molecular weight excluding hydrogens is 296 g/mol. The van der Waals surface area contributed by atoms with Crippen molar-refractivity contribution in [1.29, 1.82) is 0 Å². The van der Waals surface area contributed by atoms with Crippen LogP contribution in [0.15, 0.2) is 16.8 Å². The van der Waals surface area contributed by atoms with E-state index in [0.717, 1.165) is 5.56 Å². The molecule has 0 bridgehead atoms. The van der Waals surface area contributed by atoms with Crippen molar-refractivity contribution < 1.29 is 28.6 Å². The van der Waals surface area contributed by atoms with E-state index in [9.17, 15) is 14.4 Å². The second kappa shape index (κ2) is 8.41. The fraction of sp³-hybridized carbons (Fsp3) is 0.500. The zero-order chi connectivity index (χ0) is 15.8. The lowest BCUT2D eigenvalue weighted by Gasteiger charge is -2.18. The summed E-state index contributed by atoms with van der Waals surface area (Å²) in [6.07, 6.45) is 0.378. The van der Waals surface area contributed by atoms with Gasteiger partial charge in [0.05, 0.1) is 27.2 Å². The fourth-order valence-corrected chi connectivity index (χ4v) is 2.66. The molecule has 0 spiro atoms. The predicted octanol–water partition coefficient (Wildman–Crippen LogP) is 1.43. The van der Waals surface area contributed by atoms with Gasteiger partial charge in [-0.3, -0.25) is 14.4 Å². The number of esters is 3. The topological polar surface area (TPSA) is 78.9 Å². The Morgan fingerprint density at radius 1 is 1.05 bits per heavy atom. The zero-order valence-electron chi connectivity index (χ0n) is 12.2. The standard InChI is InChI=1S/C14H18O6S/c1-18-12(15)10(6-9-4-5-21-8-9)7-11(13(16)19-2)14(17)20-3/h4-5,8,10-11H,6-7H2,1-3H3. The normalized spacial score (nSPS) is 11.8. The summed E-state index contributed by atoms with van der Waals surface area (Å²) in [5.74, 6) is -3.67. The summed E-state index contributed by atoms with van der Waals surface area (Å²) < 4.78 is 13.9. The molecule has 0 amide bonds. The molecule has 1 aromatic heterocycles. The SMILES string of the molecule is COC(=O)C(Cc1ccsc1)CC(C(=O)OC)C(=O)OC. The number of carbonyl (C=O) groups excluding carboxylic acids is 3. The maximum Gasteiger partial charge on any atom is 0.320 e. The summed E-state index contributed by atoms with van der Waals surface area (Å²) in [5.41, 5.74) is 0.948. The van der Waals surface area contributed by atoms with Gasteiger partial charge < -0.3 is 14.2 Å². The summed E-state index contributed by atoms with van der Waals surface area (Å²) in [6.45, 7) is 0. The van der Waals surface area contributed by atoms with Crippen LogP contribution in [0.1, 0.15) is 12.0 Å². The van der Waals surface area contributed by atoms with Crippen molar-refractivity contribution in [3.63, 3.8) is 0 Å². The van der Waals surface area contributed by atoms with Crippen LogP contribution in [0.5, 0.6) is 0 Å². The van der Waals surface area contributed by atoms with Crippen LogP contribution in [0.25, 0.3) is 0 Å². The minimum absolute atomic E-state index is 0.0120. The van der Waals surface area contributed by atoms with Crippen LogP contribution in [-0.2, 0) is 35.0 Å². The van der Waals surface area contributed by atoms with Crippen LogP contribution in [0.2, 0.25) is 0 Å². The van der Waals surface area contributed by atoms with E-state index in [1.54, 1.807) is 0 Å². The van der Waals surface area contributed by atoms with E-state index < -0.39 is 29.7 Å². The summed E-state index contributed by atoms with van der Waals surface area (Å²) >= 11 is 1.51. The summed E-state index contributed by atoms with van der Waals surface area (Å²) in [4.78, 5) is 35.2. The Morgan fingerprint density at radius 2 is 1.62 bits per heavy atom. The molecule has 0 N–H and O–H groups in total. The number of hydrogen-bond acceptors (Lipinski definition) is 7. The van der Waals surface area contributed by atoms with E-state index >= 15 is 0 Å². The number of rotatable bonds is 7. The summed E-state index contributed by atoms with van der Waals surface area (Å²) in [6, 6.07) is 1.88. The van der Waals surface area contributed by atoms with Gasteiger partial charge in [-0.1, -0.05) is 0 Å². The second-order valence-electron chi connectivity index (χ2n) is 4.39. The highest BCUT2D eigenvalue weighted by atomic mass is 32.1. The molecule has 1 atom stereocenters. The lowest BCUT2D eigenvalue weighted by atomic mass is 9.90. The Labute approximate surface area is 127 Å². The molecule has 1 unspecified atom stereocenters. The second-order valence-corrected chi connectivity index (χ2v) is 5.17. The molecule has 0 fully saturated rings. The van der Waals surface area contributed by atoms with Gasteiger partial charge in [0.2, 0.25) is 0 Å². The van der Waals surface area contributed by atoms with Gasteiger partial charge in [0.15, 0.2) is 5.92 Å². The Balaban J connectivity index is 2.88. The molecule has 21 heavy (non-hydrogen) atoms. The van der Waals surface area contributed by atoms with Gasteiger partial charge in [-0.2, -0.15) is 11.3 Å². The maximum atomic E-state index is 11.9. The van der Waals surface area contributed by atoms with E-state index in [0.29, 0.717) is 6.42 Å². The molecule has 1 aromatic rings. The highest BCUT2D eigenvalue weighted by molar-refractivity contribution is 7.07. The van der Waals surface area contributed by atoms with Crippen LogP contribution >= 0.6 is 11.3 Å². The van der Waals surface area contributed by atoms with Gasteiger partial charge in [-0.25, -0.2) is 0 Å². The first kappa shape index (κ1) is 17.2. The maximum absolute atomic E-state index is 11.9. The average Bonchev–Trinajstić information content (AvgIpc) is 3.01. The van der Waals surface area contributed by atoms with Gasteiger partial charge in [0.1, 0.15) is 0 Å². The Morgan fingerprint density at radius 3 is 2.05 bits per heavy atom. The van der Waals surface area contributed by atoms with Gasteiger partial charge in [-0.05, 0) is 35.2 Å².